The van der Waals surface area contributed by atoms with E-state index in [9.17, 15) is 4.79 Å². The summed E-state index contributed by atoms with van der Waals surface area (Å²) < 4.78 is 3.44. The molecule has 1 aliphatic carbocycles. The molecule has 2 fully saturated rings. The molecule has 1 saturated heterocycles. The summed E-state index contributed by atoms with van der Waals surface area (Å²) in [5.74, 6) is 0.501. The molecule has 1 atom stereocenters. The fourth-order valence-electron chi connectivity index (χ4n) is 4.84. The van der Waals surface area contributed by atoms with Crippen LogP contribution in [0.2, 0.25) is 0 Å². The van der Waals surface area contributed by atoms with Crippen LogP contribution >= 0.6 is 0 Å². The van der Waals surface area contributed by atoms with Crippen molar-refractivity contribution in [2.75, 3.05) is 6.54 Å². The smallest absolute Gasteiger partial charge is 0.258 e. The third-order valence-electron chi connectivity index (χ3n) is 6.63. The zero-order chi connectivity index (χ0) is 20.5. The minimum Gasteiger partial charge on any atom is -0.311 e. The molecule has 7 nitrogen and oxygen atoms in total. The van der Waals surface area contributed by atoms with E-state index in [4.69, 9.17) is 4.98 Å². The maximum Gasteiger partial charge on any atom is 0.258 e. The summed E-state index contributed by atoms with van der Waals surface area (Å²) in [7, 11) is 0. The molecule has 0 amide bonds. The molecule has 4 aromatic rings. The molecule has 0 bridgehead atoms. The van der Waals surface area contributed by atoms with Crippen molar-refractivity contribution in [1.29, 1.82) is 0 Å². The van der Waals surface area contributed by atoms with Crippen LogP contribution < -0.4 is 10.9 Å². The highest BCUT2D eigenvalue weighted by molar-refractivity contribution is 5.61. The van der Waals surface area contributed by atoms with Gasteiger partial charge in [-0.3, -0.25) is 9.20 Å². The number of fused-ring (bicyclic) bond motifs is 2. The van der Waals surface area contributed by atoms with Crippen molar-refractivity contribution in [3.63, 3.8) is 0 Å². The zero-order valence-electron chi connectivity index (χ0n) is 17.2. The highest BCUT2D eigenvalue weighted by atomic mass is 16.1. The summed E-state index contributed by atoms with van der Waals surface area (Å²) in [6, 6.07) is 7.63. The van der Waals surface area contributed by atoms with Gasteiger partial charge in [0.15, 0.2) is 5.65 Å². The monoisotopic (exact) mass is 400 g/mol. The average Bonchev–Trinajstić information content (AvgIpc) is 3.35. The van der Waals surface area contributed by atoms with Gasteiger partial charge in [0.2, 0.25) is 0 Å². The van der Waals surface area contributed by atoms with Crippen molar-refractivity contribution in [2.24, 2.45) is 0 Å². The molecule has 1 aliphatic heterocycles. The van der Waals surface area contributed by atoms with Gasteiger partial charge >= 0.3 is 0 Å². The number of pyridine rings is 1. The SMILES string of the molecule is Cc1cn2nc(-c3cc(=O)n4cc(C5CCNC6(CC6)C5)ccc4n3)cc(C)c2n1. The third kappa shape index (κ3) is 2.84. The molecule has 6 rings (SSSR count). The van der Waals surface area contributed by atoms with Crippen LogP contribution in [0.4, 0.5) is 0 Å². The van der Waals surface area contributed by atoms with Crippen molar-refractivity contribution in [3.8, 4) is 11.4 Å². The van der Waals surface area contributed by atoms with Crippen LogP contribution in [0.15, 0.2) is 41.5 Å². The Hall–Kier alpha value is -3.06. The molecule has 4 aromatic heterocycles. The summed E-state index contributed by atoms with van der Waals surface area (Å²) >= 11 is 0. The number of aryl methyl sites for hydroxylation is 2. The summed E-state index contributed by atoms with van der Waals surface area (Å²) in [5, 5.41) is 8.29. The normalized spacial score (nSPS) is 20.3. The fourth-order valence-corrected chi connectivity index (χ4v) is 4.84. The van der Waals surface area contributed by atoms with Crippen molar-refractivity contribution >= 4 is 11.3 Å². The first-order chi connectivity index (χ1) is 14.5. The number of piperidine rings is 1. The van der Waals surface area contributed by atoms with Crippen LogP contribution in [0, 0.1) is 13.8 Å². The Kier molecular flexibility index (Phi) is 3.68. The van der Waals surface area contributed by atoms with Gasteiger partial charge in [-0.2, -0.15) is 5.10 Å². The van der Waals surface area contributed by atoms with Crippen LogP contribution in [-0.4, -0.2) is 36.1 Å². The van der Waals surface area contributed by atoms with Crippen LogP contribution in [0.1, 0.15) is 48.4 Å². The Morgan fingerprint density at radius 1 is 1.10 bits per heavy atom. The van der Waals surface area contributed by atoms with Crippen LogP contribution in [-0.2, 0) is 0 Å². The minimum absolute atomic E-state index is 0.0757. The van der Waals surface area contributed by atoms with Gasteiger partial charge in [0, 0.05) is 17.8 Å². The Morgan fingerprint density at radius 3 is 2.80 bits per heavy atom. The van der Waals surface area contributed by atoms with Gasteiger partial charge < -0.3 is 5.32 Å². The molecule has 30 heavy (non-hydrogen) atoms. The zero-order valence-corrected chi connectivity index (χ0v) is 17.2. The van der Waals surface area contributed by atoms with E-state index in [0.29, 0.717) is 28.5 Å². The lowest BCUT2D eigenvalue weighted by molar-refractivity contribution is 0.345. The summed E-state index contributed by atoms with van der Waals surface area (Å²) in [6.45, 7) is 4.99. The standard InChI is InChI=1S/C23H24N6O/c1-14-9-19(27-29-12-15(2)25-22(14)29)18-10-21(30)28-13-17(3-4-20(28)26-18)16-5-8-24-23(11-16)6-7-23/h3-4,9-10,12-13,16,24H,5-8,11H2,1-2H3. The number of hydrogen-bond donors (Lipinski definition) is 1. The molecule has 1 unspecified atom stereocenters. The predicted octanol–water partition coefficient (Wildman–Crippen LogP) is 3.02. The van der Waals surface area contributed by atoms with Gasteiger partial charge in [0.05, 0.1) is 17.6 Å². The van der Waals surface area contributed by atoms with E-state index >= 15 is 0 Å². The van der Waals surface area contributed by atoms with Crippen molar-refractivity contribution < 1.29 is 0 Å². The molecule has 2 aliphatic rings. The molecule has 0 aromatic carbocycles. The number of nitrogens with zero attached hydrogens (tertiary/aromatic N) is 5. The maximum atomic E-state index is 13.0. The Bertz CT molecular complexity index is 1360. The van der Waals surface area contributed by atoms with Crippen LogP contribution in [0.25, 0.3) is 22.7 Å². The number of rotatable bonds is 2. The molecule has 1 N–H and O–H groups in total. The summed E-state index contributed by atoms with van der Waals surface area (Å²) in [4.78, 5) is 22.2. The van der Waals surface area contributed by atoms with Crippen molar-refractivity contribution in [3.05, 3.63) is 63.8 Å². The Labute approximate surface area is 173 Å². The van der Waals surface area contributed by atoms with Crippen LogP contribution in [0.3, 0.4) is 0 Å². The molecule has 0 radical (unpaired) electrons. The molecule has 5 heterocycles. The lowest BCUT2D eigenvalue weighted by atomic mass is 9.86. The van der Waals surface area contributed by atoms with Gasteiger partial charge in [-0.25, -0.2) is 14.5 Å². The highest BCUT2D eigenvalue weighted by Crippen LogP contribution is 2.46. The van der Waals surface area contributed by atoms with E-state index in [-0.39, 0.29) is 5.56 Å². The molecular formula is C23H24N6O. The average molecular weight is 400 g/mol. The largest absolute Gasteiger partial charge is 0.311 e. The van der Waals surface area contributed by atoms with E-state index in [1.165, 1.54) is 18.4 Å². The van der Waals surface area contributed by atoms with E-state index in [0.717, 1.165) is 36.3 Å². The van der Waals surface area contributed by atoms with Gasteiger partial charge in [0.25, 0.3) is 5.56 Å². The van der Waals surface area contributed by atoms with Crippen LogP contribution in [0.5, 0.6) is 0 Å². The number of aromatic nitrogens is 5. The second-order valence-electron chi connectivity index (χ2n) is 8.93. The Morgan fingerprint density at radius 2 is 1.97 bits per heavy atom. The number of hydrogen-bond acceptors (Lipinski definition) is 5. The predicted molar refractivity (Wildman–Crippen MR) is 115 cm³/mol. The molecular weight excluding hydrogens is 376 g/mol. The molecule has 1 spiro atoms. The second-order valence-corrected chi connectivity index (χ2v) is 8.93. The summed E-state index contributed by atoms with van der Waals surface area (Å²) in [6.07, 6.45) is 8.69. The molecule has 7 heteroatoms. The fraction of sp³-hybridized carbons (Fsp3) is 0.391. The minimum atomic E-state index is -0.0757. The lowest BCUT2D eigenvalue weighted by Crippen LogP contribution is -2.39. The summed E-state index contributed by atoms with van der Waals surface area (Å²) in [5.41, 5.74) is 6.17. The quantitative estimate of drug-likeness (QED) is 0.560. The highest BCUT2D eigenvalue weighted by Gasteiger charge is 2.46. The van der Waals surface area contributed by atoms with E-state index in [2.05, 4.69) is 21.5 Å². The lowest BCUT2D eigenvalue weighted by Gasteiger charge is -2.30. The van der Waals surface area contributed by atoms with E-state index < -0.39 is 0 Å². The molecule has 1 saturated carbocycles. The maximum absolute atomic E-state index is 13.0. The molecule has 152 valence electrons. The van der Waals surface area contributed by atoms with Gasteiger partial charge in [-0.05, 0) is 75.3 Å². The number of imidazole rings is 1. The third-order valence-corrected chi connectivity index (χ3v) is 6.63. The first-order valence-electron chi connectivity index (χ1n) is 10.6. The van der Waals surface area contributed by atoms with Gasteiger partial charge in [-0.1, -0.05) is 6.07 Å². The van der Waals surface area contributed by atoms with Crippen molar-refractivity contribution in [1.82, 2.24) is 29.3 Å². The first kappa shape index (κ1) is 17.8. The number of nitrogens with one attached hydrogen (secondary N) is 1. The topological polar surface area (TPSA) is 76.6 Å². The van der Waals surface area contributed by atoms with Gasteiger partial charge in [-0.15, -0.1) is 0 Å². The van der Waals surface area contributed by atoms with E-state index in [1.807, 2.05) is 38.4 Å². The second kappa shape index (κ2) is 6.22. The van der Waals surface area contributed by atoms with Crippen molar-refractivity contribution in [2.45, 2.75) is 51.0 Å². The first-order valence-corrected chi connectivity index (χ1v) is 10.6. The van der Waals surface area contributed by atoms with E-state index in [1.54, 1.807) is 15.0 Å². The van der Waals surface area contributed by atoms with Gasteiger partial charge in [0.1, 0.15) is 11.3 Å². The Balaban J connectivity index is 1.41.